The van der Waals surface area contributed by atoms with Gasteiger partial charge in [-0.1, -0.05) is 38.1 Å². The molecule has 18 heavy (non-hydrogen) atoms. The molecular weight excluding hydrogens is 224 g/mol. The molecule has 2 unspecified atom stereocenters. The molecular formula is C15H18N2O. The van der Waals surface area contributed by atoms with Crippen LogP contribution in [0.4, 0.5) is 0 Å². The quantitative estimate of drug-likeness (QED) is 0.816. The molecule has 1 aromatic rings. The van der Waals surface area contributed by atoms with Crippen LogP contribution >= 0.6 is 0 Å². The van der Waals surface area contributed by atoms with Crippen molar-refractivity contribution >= 4 is 5.71 Å². The van der Waals surface area contributed by atoms with Crippen molar-refractivity contribution in [3.05, 3.63) is 35.4 Å². The molecule has 0 fully saturated rings. The molecule has 0 aromatic heterocycles. The molecule has 0 spiro atoms. The molecule has 0 amide bonds. The maximum atomic E-state index is 8.76. The molecule has 1 aliphatic heterocycles. The van der Waals surface area contributed by atoms with Crippen molar-refractivity contribution in [2.24, 2.45) is 17.0 Å². The third-order valence-electron chi connectivity index (χ3n) is 3.68. The van der Waals surface area contributed by atoms with Crippen LogP contribution in [-0.2, 0) is 4.84 Å². The standard InChI is InChI=1S/C15H18N2O/c1-10(2)11(3)15-8-14(17-18-15)13-6-4-12(9-16)5-7-13/h4-7,10-11,15H,8H2,1-3H3. The number of oxime groups is 1. The number of nitriles is 1. The number of rotatable bonds is 3. The van der Waals surface area contributed by atoms with Gasteiger partial charge in [0.25, 0.3) is 0 Å². The molecule has 0 N–H and O–H groups in total. The number of hydrogen-bond acceptors (Lipinski definition) is 3. The van der Waals surface area contributed by atoms with Crippen molar-refractivity contribution in [2.75, 3.05) is 0 Å². The van der Waals surface area contributed by atoms with E-state index < -0.39 is 0 Å². The van der Waals surface area contributed by atoms with Crippen molar-refractivity contribution in [3.8, 4) is 6.07 Å². The zero-order chi connectivity index (χ0) is 13.1. The summed E-state index contributed by atoms with van der Waals surface area (Å²) in [6, 6.07) is 9.62. The van der Waals surface area contributed by atoms with Crippen molar-refractivity contribution in [3.63, 3.8) is 0 Å². The number of benzene rings is 1. The molecule has 3 heteroatoms. The van der Waals surface area contributed by atoms with E-state index in [0.717, 1.165) is 17.7 Å². The molecule has 0 radical (unpaired) electrons. The third-order valence-corrected chi connectivity index (χ3v) is 3.68. The van der Waals surface area contributed by atoms with Crippen LogP contribution in [0.3, 0.4) is 0 Å². The van der Waals surface area contributed by atoms with E-state index in [0.29, 0.717) is 17.4 Å². The predicted molar refractivity (Wildman–Crippen MR) is 71.2 cm³/mol. The average Bonchev–Trinajstić information content (AvgIpc) is 2.87. The Labute approximate surface area is 108 Å². The first-order valence-electron chi connectivity index (χ1n) is 6.35. The second-order valence-corrected chi connectivity index (χ2v) is 5.18. The smallest absolute Gasteiger partial charge is 0.136 e. The summed E-state index contributed by atoms with van der Waals surface area (Å²) in [7, 11) is 0. The summed E-state index contributed by atoms with van der Waals surface area (Å²) in [5, 5.41) is 12.9. The summed E-state index contributed by atoms with van der Waals surface area (Å²) in [5.41, 5.74) is 2.70. The molecule has 0 bridgehead atoms. The molecule has 3 nitrogen and oxygen atoms in total. The van der Waals surface area contributed by atoms with Gasteiger partial charge in [-0.05, 0) is 29.5 Å². The first-order chi connectivity index (χ1) is 8.61. The fourth-order valence-corrected chi connectivity index (χ4v) is 2.02. The molecule has 94 valence electrons. The van der Waals surface area contributed by atoms with Crippen molar-refractivity contribution in [2.45, 2.75) is 33.3 Å². The summed E-state index contributed by atoms with van der Waals surface area (Å²) < 4.78 is 0. The molecule has 1 aliphatic rings. The Hall–Kier alpha value is -1.82. The number of nitrogens with zero attached hydrogens (tertiary/aromatic N) is 2. The lowest BCUT2D eigenvalue weighted by atomic mass is 9.89. The Morgan fingerprint density at radius 3 is 2.50 bits per heavy atom. The van der Waals surface area contributed by atoms with Crippen LogP contribution in [0.5, 0.6) is 0 Å². The van der Waals surface area contributed by atoms with Gasteiger partial charge >= 0.3 is 0 Å². The van der Waals surface area contributed by atoms with Gasteiger partial charge in [0.2, 0.25) is 0 Å². The Kier molecular flexibility index (Phi) is 3.66. The first kappa shape index (κ1) is 12.6. The van der Waals surface area contributed by atoms with Crippen LogP contribution in [0.2, 0.25) is 0 Å². The third kappa shape index (κ3) is 2.53. The van der Waals surface area contributed by atoms with E-state index in [9.17, 15) is 0 Å². The molecule has 1 heterocycles. The predicted octanol–water partition coefficient (Wildman–Crippen LogP) is 3.34. The van der Waals surface area contributed by atoms with Gasteiger partial charge in [0.15, 0.2) is 0 Å². The van der Waals surface area contributed by atoms with E-state index in [1.165, 1.54) is 0 Å². The summed E-state index contributed by atoms with van der Waals surface area (Å²) in [6.07, 6.45) is 1.03. The molecule has 0 aliphatic carbocycles. The molecule has 2 rings (SSSR count). The van der Waals surface area contributed by atoms with Crippen LogP contribution in [-0.4, -0.2) is 11.8 Å². The lowest BCUT2D eigenvalue weighted by molar-refractivity contribution is 0.0307. The van der Waals surface area contributed by atoms with E-state index in [2.05, 4.69) is 32.0 Å². The van der Waals surface area contributed by atoms with Crippen molar-refractivity contribution in [1.82, 2.24) is 0 Å². The summed E-state index contributed by atoms with van der Waals surface area (Å²) >= 11 is 0. The highest BCUT2D eigenvalue weighted by Crippen LogP contribution is 2.26. The van der Waals surface area contributed by atoms with Gasteiger partial charge in [-0.25, -0.2) is 0 Å². The number of hydrogen-bond donors (Lipinski definition) is 0. The Morgan fingerprint density at radius 1 is 1.28 bits per heavy atom. The van der Waals surface area contributed by atoms with Crippen LogP contribution in [0, 0.1) is 23.2 Å². The van der Waals surface area contributed by atoms with Gasteiger partial charge in [-0.2, -0.15) is 5.26 Å². The minimum Gasteiger partial charge on any atom is -0.392 e. The zero-order valence-corrected chi connectivity index (χ0v) is 11.1. The zero-order valence-electron chi connectivity index (χ0n) is 11.1. The second kappa shape index (κ2) is 5.22. The largest absolute Gasteiger partial charge is 0.392 e. The molecule has 0 saturated carbocycles. The van der Waals surface area contributed by atoms with Gasteiger partial charge in [-0.3, -0.25) is 0 Å². The normalized spacial score (nSPS) is 20.2. The summed E-state index contributed by atoms with van der Waals surface area (Å²) in [6.45, 7) is 6.61. The summed E-state index contributed by atoms with van der Waals surface area (Å²) in [5.74, 6) is 1.08. The van der Waals surface area contributed by atoms with Crippen molar-refractivity contribution < 1.29 is 4.84 Å². The van der Waals surface area contributed by atoms with E-state index >= 15 is 0 Å². The van der Waals surface area contributed by atoms with E-state index in [4.69, 9.17) is 10.1 Å². The van der Waals surface area contributed by atoms with Crippen LogP contribution < -0.4 is 0 Å². The highest BCUT2D eigenvalue weighted by Gasteiger charge is 2.28. The Bertz CT molecular complexity index is 482. The van der Waals surface area contributed by atoms with E-state index in [-0.39, 0.29) is 6.10 Å². The topological polar surface area (TPSA) is 45.4 Å². The Morgan fingerprint density at radius 2 is 1.94 bits per heavy atom. The minimum atomic E-state index is 0.177. The minimum absolute atomic E-state index is 0.177. The molecule has 1 aromatic carbocycles. The average molecular weight is 242 g/mol. The highest BCUT2D eigenvalue weighted by molar-refractivity contribution is 6.01. The second-order valence-electron chi connectivity index (χ2n) is 5.18. The van der Waals surface area contributed by atoms with Crippen LogP contribution in [0.15, 0.2) is 29.4 Å². The van der Waals surface area contributed by atoms with Crippen LogP contribution in [0.1, 0.15) is 38.3 Å². The highest BCUT2D eigenvalue weighted by atomic mass is 16.6. The summed E-state index contributed by atoms with van der Waals surface area (Å²) in [4.78, 5) is 5.52. The monoisotopic (exact) mass is 242 g/mol. The SMILES string of the molecule is CC(C)C(C)C1CC(c2ccc(C#N)cc2)=NO1. The van der Waals surface area contributed by atoms with E-state index in [1.54, 1.807) is 0 Å². The van der Waals surface area contributed by atoms with Crippen molar-refractivity contribution in [1.29, 1.82) is 5.26 Å². The van der Waals surface area contributed by atoms with Gasteiger partial charge < -0.3 is 4.84 Å². The lowest BCUT2D eigenvalue weighted by Crippen LogP contribution is -2.22. The Balaban J connectivity index is 2.06. The van der Waals surface area contributed by atoms with Crippen LogP contribution in [0.25, 0.3) is 0 Å². The first-order valence-corrected chi connectivity index (χ1v) is 6.35. The fraction of sp³-hybridized carbons (Fsp3) is 0.467. The molecule has 2 atom stereocenters. The maximum Gasteiger partial charge on any atom is 0.136 e. The van der Waals surface area contributed by atoms with Gasteiger partial charge in [-0.15, -0.1) is 0 Å². The van der Waals surface area contributed by atoms with E-state index in [1.807, 2.05) is 24.3 Å². The van der Waals surface area contributed by atoms with Gasteiger partial charge in [0, 0.05) is 6.42 Å². The fourth-order valence-electron chi connectivity index (χ4n) is 2.02. The molecule has 0 saturated heterocycles. The van der Waals surface area contributed by atoms with Gasteiger partial charge in [0.1, 0.15) is 6.10 Å². The lowest BCUT2D eigenvalue weighted by Gasteiger charge is -2.20. The van der Waals surface area contributed by atoms with Gasteiger partial charge in [0.05, 0.1) is 17.3 Å². The maximum absolute atomic E-state index is 8.76.